The second-order valence-corrected chi connectivity index (χ2v) is 23.0. The van der Waals surface area contributed by atoms with Gasteiger partial charge in [-0.3, -0.25) is 9.88 Å². The van der Waals surface area contributed by atoms with Crippen LogP contribution in [0.2, 0.25) is 5.04 Å². The first kappa shape index (κ1) is 45.1. The molecule has 1 unspecified atom stereocenters. The average Bonchev–Trinajstić information content (AvgIpc) is 3.73. The number of alkyl halides is 1. The predicted octanol–water partition coefficient (Wildman–Crippen LogP) is 8.65. The van der Waals surface area contributed by atoms with Gasteiger partial charge in [0.05, 0.1) is 24.1 Å². The number of ether oxygens (including phenoxy) is 4. The lowest BCUT2D eigenvalue weighted by molar-refractivity contribution is 0.0512. The molecule has 9 rings (SSSR count). The Hall–Kier alpha value is -5.12. The molecule has 10 nitrogen and oxygen atoms in total. The van der Waals surface area contributed by atoms with Crippen molar-refractivity contribution in [3.05, 3.63) is 108 Å². The molecule has 6 aromatic rings. The molecule has 0 N–H and O–H groups in total. The number of pyridine rings is 1. The summed E-state index contributed by atoms with van der Waals surface area (Å²) in [6, 6.07) is 27.6. The van der Waals surface area contributed by atoms with Gasteiger partial charge in [0, 0.05) is 57.4 Å². The summed E-state index contributed by atoms with van der Waals surface area (Å²) in [5, 5.41) is 3.73. The Balaban J connectivity index is 1.13. The first-order valence-corrected chi connectivity index (χ1v) is 24.7. The minimum Gasteiger partial charge on any atom is -0.468 e. The Bertz CT molecular complexity index is 2600. The van der Waals surface area contributed by atoms with E-state index in [2.05, 4.69) is 79.1 Å². The number of hydrogen-bond acceptors (Lipinski definition) is 10. The molecule has 0 amide bonds. The van der Waals surface area contributed by atoms with Gasteiger partial charge in [-0.2, -0.15) is 9.97 Å². The topological polar surface area (TPSA) is 91.3 Å². The van der Waals surface area contributed by atoms with Crippen molar-refractivity contribution in [2.24, 2.45) is 5.92 Å². The highest BCUT2D eigenvalue weighted by Crippen LogP contribution is 2.43. The van der Waals surface area contributed by atoms with Crippen LogP contribution in [-0.4, -0.2) is 106 Å². The van der Waals surface area contributed by atoms with Crippen molar-refractivity contribution < 1.29 is 36.5 Å². The molecule has 4 aromatic carbocycles. The van der Waals surface area contributed by atoms with E-state index in [9.17, 15) is 4.39 Å². The third-order valence-electron chi connectivity index (χ3n) is 13.6. The average molecular weight is 906 g/mol. The molecule has 3 atom stereocenters. The largest absolute Gasteiger partial charge is 0.468 e. The van der Waals surface area contributed by atoms with Crippen molar-refractivity contribution in [3.8, 4) is 23.0 Å². The molecular weight excluding hydrogens is 848 g/mol. The Morgan fingerprint density at radius 1 is 0.923 bits per heavy atom. The highest BCUT2D eigenvalue weighted by molar-refractivity contribution is 6.99. The van der Waals surface area contributed by atoms with Crippen LogP contribution in [0.5, 0.6) is 11.8 Å². The molecule has 0 bridgehead atoms. The zero-order valence-electron chi connectivity index (χ0n) is 37.9. The van der Waals surface area contributed by atoms with Crippen LogP contribution in [0, 0.1) is 17.6 Å². The fourth-order valence-corrected chi connectivity index (χ4v) is 15.2. The molecule has 3 fully saturated rings. The quantitative estimate of drug-likeness (QED) is 0.0782. The standard InChI is InChI=1S/C51H58F3N5O5Si/c1-6-40-43(53)19-18-35-24-37(63-33-60-5)25-41(44(35)40)46-45(54)47-42(27-55-46)48(57-49(56-47)62-32-51-20-13-21-59(51)29-36(52)26-51)58-22-23-61-30-34(28-58)31-64-65(50(2,3)4,38-14-9-7-10-15-38)39-16-11-8-12-17-39/h7-12,14-19,24-25,27,34,36H,6,13,20-23,26,28-33H2,1-5H3/t34?,36-,51+/m1/s1. The normalized spacial score (nSPS) is 20.6. The van der Waals surface area contributed by atoms with Gasteiger partial charge in [-0.05, 0) is 75.8 Å². The van der Waals surface area contributed by atoms with E-state index in [0.29, 0.717) is 91.1 Å². The fourth-order valence-electron chi connectivity index (χ4n) is 10.6. The van der Waals surface area contributed by atoms with Crippen LogP contribution in [0.1, 0.15) is 52.5 Å². The molecule has 342 valence electrons. The first-order chi connectivity index (χ1) is 31.4. The van der Waals surface area contributed by atoms with E-state index in [-0.39, 0.29) is 41.6 Å². The van der Waals surface area contributed by atoms with Crippen molar-refractivity contribution in [1.29, 1.82) is 0 Å². The zero-order chi connectivity index (χ0) is 45.3. The van der Waals surface area contributed by atoms with Crippen LogP contribution in [0.3, 0.4) is 0 Å². The summed E-state index contributed by atoms with van der Waals surface area (Å²) < 4.78 is 79.3. The van der Waals surface area contributed by atoms with E-state index >= 15 is 8.78 Å². The number of nitrogens with zero attached hydrogens (tertiary/aromatic N) is 5. The SMILES string of the molecule is CCc1c(F)ccc2cc(OCOC)cc(-c3ncc4c(N5CCOCC(CO[Si](c6ccccc6)(c6ccccc6)C(C)(C)C)C5)nc(OC[C@@]56CCCN5C[C@H](F)C6)nc4c3F)c12. The van der Waals surface area contributed by atoms with Gasteiger partial charge in [0.15, 0.2) is 12.6 Å². The molecule has 5 heterocycles. The molecule has 3 saturated heterocycles. The fraction of sp³-hybridized carbons (Fsp3) is 0.431. The maximum atomic E-state index is 17.7. The summed E-state index contributed by atoms with van der Waals surface area (Å²) in [7, 11) is -1.36. The van der Waals surface area contributed by atoms with Gasteiger partial charge in [-0.25, -0.2) is 13.2 Å². The summed E-state index contributed by atoms with van der Waals surface area (Å²) in [6.45, 7) is 12.1. The highest BCUT2D eigenvalue weighted by Gasteiger charge is 2.51. The smallest absolute Gasteiger partial charge is 0.319 e. The number of hydrogen-bond donors (Lipinski definition) is 0. The highest BCUT2D eigenvalue weighted by atomic mass is 28.4. The van der Waals surface area contributed by atoms with Crippen LogP contribution in [0.15, 0.2) is 91.1 Å². The Labute approximate surface area is 380 Å². The summed E-state index contributed by atoms with van der Waals surface area (Å²) in [5.74, 6) is -0.346. The van der Waals surface area contributed by atoms with Gasteiger partial charge in [0.2, 0.25) is 0 Å². The van der Waals surface area contributed by atoms with Crippen molar-refractivity contribution in [2.45, 2.75) is 70.1 Å². The van der Waals surface area contributed by atoms with Crippen LogP contribution in [0.4, 0.5) is 19.0 Å². The summed E-state index contributed by atoms with van der Waals surface area (Å²) in [6.07, 6.45) is 3.10. The minimum absolute atomic E-state index is 0.00154. The lowest BCUT2D eigenvalue weighted by atomic mass is 9.94. The van der Waals surface area contributed by atoms with E-state index in [1.165, 1.54) is 23.5 Å². The molecule has 0 saturated carbocycles. The van der Waals surface area contributed by atoms with E-state index in [0.717, 1.165) is 19.4 Å². The second-order valence-electron chi connectivity index (χ2n) is 18.7. The monoisotopic (exact) mass is 905 g/mol. The Morgan fingerprint density at radius 3 is 2.38 bits per heavy atom. The van der Waals surface area contributed by atoms with Crippen LogP contribution < -0.4 is 24.7 Å². The Morgan fingerprint density at radius 2 is 1.68 bits per heavy atom. The zero-order valence-corrected chi connectivity index (χ0v) is 38.9. The van der Waals surface area contributed by atoms with Crippen molar-refractivity contribution in [1.82, 2.24) is 19.9 Å². The molecule has 0 radical (unpaired) electrons. The minimum atomic E-state index is -2.88. The lowest BCUT2D eigenvalue weighted by Gasteiger charge is -2.43. The number of halogens is 3. The number of aryl methyl sites for hydroxylation is 1. The second kappa shape index (κ2) is 18.6. The van der Waals surface area contributed by atoms with Crippen molar-refractivity contribution in [2.75, 3.05) is 71.4 Å². The number of benzene rings is 4. The Kier molecular flexibility index (Phi) is 12.9. The van der Waals surface area contributed by atoms with Gasteiger partial charge in [0.25, 0.3) is 8.32 Å². The molecule has 3 aliphatic heterocycles. The van der Waals surface area contributed by atoms with Crippen LogP contribution in [0.25, 0.3) is 32.9 Å². The van der Waals surface area contributed by atoms with Gasteiger partial charge in [0.1, 0.15) is 41.4 Å². The van der Waals surface area contributed by atoms with E-state index < -0.39 is 31.7 Å². The number of fused-ring (bicyclic) bond motifs is 3. The number of anilines is 1. The van der Waals surface area contributed by atoms with Gasteiger partial charge < -0.3 is 28.3 Å². The van der Waals surface area contributed by atoms with Gasteiger partial charge in [-0.15, -0.1) is 0 Å². The van der Waals surface area contributed by atoms with Gasteiger partial charge in [-0.1, -0.05) is 94.4 Å². The maximum Gasteiger partial charge on any atom is 0.319 e. The molecule has 2 aromatic heterocycles. The van der Waals surface area contributed by atoms with Crippen molar-refractivity contribution >= 4 is 46.2 Å². The number of rotatable bonds is 14. The molecule has 65 heavy (non-hydrogen) atoms. The molecule has 14 heteroatoms. The lowest BCUT2D eigenvalue weighted by Crippen LogP contribution is -2.67. The van der Waals surface area contributed by atoms with Gasteiger partial charge >= 0.3 is 6.01 Å². The number of methoxy groups -OCH3 is 1. The van der Waals surface area contributed by atoms with E-state index in [4.69, 9.17) is 38.3 Å². The maximum absolute atomic E-state index is 17.7. The molecular formula is C51H58F3N5O5Si. The molecule has 0 spiro atoms. The first-order valence-electron chi connectivity index (χ1n) is 22.8. The third kappa shape index (κ3) is 8.59. The van der Waals surface area contributed by atoms with Crippen molar-refractivity contribution in [3.63, 3.8) is 0 Å². The number of aromatic nitrogens is 3. The van der Waals surface area contributed by atoms with Crippen LogP contribution in [-0.2, 0) is 20.3 Å². The van der Waals surface area contributed by atoms with E-state index in [1.807, 2.05) is 19.1 Å². The summed E-state index contributed by atoms with van der Waals surface area (Å²) in [4.78, 5) is 18.8. The summed E-state index contributed by atoms with van der Waals surface area (Å²) in [5.41, 5.74) is 0.289. The molecule has 3 aliphatic rings. The summed E-state index contributed by atoms with van der Waals surface area (Å²) >= 11 is 0. The predicted molar refractivity (Wildman–Crippen MR) is 251 cm³/mol. The van der Waals surface area contributed by atoms with E-state index in [1.54, 1.807) is 24.4 Å². The van der Waals surface area contributed by atoms with Crippen LogP contribution >= 0.6 is 0 Å². The molecule has 0 aliphatic carbocycles. The third-order valence-corrected chi connectivity index (χ3v) is 18.6.